The standard InChI is InChI=1S/C20H18F2N6O3S.CH4/c21-18(22)20-26-25-19(31-20)16-8-6-15(7-9-16)12-28(17-4-2-1-3-5-17)32(29,30)11-10-27-14-23-13-24-27;/h1-9,13-14,18H,10-12H2;1H4. The van der Waals surface area contributed by atoms with Crippen LogP contribution in [0.25, 0.3) is 11.5 Å². The van der Waals surface area contributed by atoms with Crippen molar-refractivity contribution in [1.29, 1.82) is 0 Å². The highest BCUT2D eigenvalue weighted by atomic mass is 32.2. The first-order chi connectivity index (χ1) is 15.4. The molecule has 2 heterocycles. The largest absolute Gasteiger partial charge is 0.415 e. The van der Waals surface area contributed by atoms with Gasteiger partial charge in [0.2, 0.25) is 15.9 Å². The van der Waals surface area contributed by atoms with Crippen LogP contribution in [-0.4, -0.2) is 39.1 Å². The van der Waals surface area contributed by atoms with Crippen LogP contribution in [0.5, 0.6) is 0 Å². The third-order valence-corrected chi connectivity index (χ3v) is 6.29. The van der Waals surface area contributed by atoms with Gasteiger partial charge in [-0.3, -0.25) is 8.99 Å². The van der Waals surface area contributed by atoms with E-state index in [2.05, 4.69) is 20.3 Å². The third-order valence-electron chi connectivity index (χ3n) is 4.58. The van der Waals surface area contributed by atoms with Gasteiger partial charge in [-0.05, 0) is 29.8 Å². The number of anilines is 1. The number of sulfonamides is 1. The highest BCUT2D eigenvalue weighted by molar-refractivity contribution is 7.92. The van der Waals surface area contributed by atoms with Crippen molar-refractivity contribution in [3.05, 3.63) is 78.7 Å². The molecule has 0 spiro atoms. The third kappa shape index (κ3) is 5.77. The lowest BCUT2D eigenvalue weighted by Crippen LogP contribution is -2.34. The van der Waals surface area contributed by atoms with Crippen molar-refractivity contribution in [3.8, 4) is 11.5 Å². The number of aromatic nitrogens is 5. The molecular weight excluding hydrogens is 454 g/mol. The lowest BCUT2D eigenvalue weighted by Gasteiger charge is -2.24. The minimum Gasteiger partial charge on any atom is -0.415 e. The summed E-state index contributed by atoms with van der Waals surface area (Å²) in [5.74, 6) is -0.952. The molecule has 12 heteroatoms. The van der Waals surface area contributed by atoms with E-state index in [0.29, 0.717) is 16.8 Å². The molecule has 0 amide bonds. The van der Waals surface area contributed by atoms with Gasteiger partial charge in [-0.1, -0.05) is 37.8 Å². The van der Waals surface area contributed by atoms with Crippen LogP contribution in [0, 0.1) is 0 Å². The van der Waals surface area contributed by atoms with Crippen LogP contribution in [-0.2, 0) is 23.1 Å². The number of halogens is 2. The van der Waals surface area contributed by atoms with E-state index in [9.17, 15) is 17.2 Å². The molecule has 0 atom stereocenters. The lowest BCUT2D eigenvalue weighted by molar-refractivity contribution is 0.116. The van der Waals surface area contributed by atoms with E-state index in [-0.39, 0.29) is 32.2 Å². The van der Waals surface area contributed by atoms with Crippen molar-refractivity contribution in [2.75, 3.05) is 10.1 Å². The van der Waals surface area contributed by atoms with Gasteiger partial charge in [0.05, 0.1) is 24.5 Å². The highest BCUT2D eigenvalue weighted by Crippen LogP contribution is 2.25. The van der Waals surface area contributed by atoms with Crippen LogP contribution in [0.4, 0.5) is 14.5 Å². The van der Waals surface area contributed by atoms with Gasteiger partial charge in [-0.25, -0.2) is 13.4 Å². The fourth-order valence-corrected chi connectivity index (χ4v) is 4.40. The van der Waals surface area contributed by atoms with Gasteiger partial charge < -0.3 is 4.42 Å². The number of para-hydroxylation sites is 1. The summed E-state index contributed by atoms with van der Waals surface area (Å²) in [4.78, 5) is 3.82. The molecule has 0 saturated heterocycles. The van der Waals surface area contributed by atoms with E-state index in [0.717, 1.165) is 0 Å². The molecule has 174 valence electrons. The van der Waals surface area contributed by atoms with E-state index < -0.39 is 22.3 Å². The maximum Gasteiger partial charge on any atom is 0.314 e. The maximum atomic E-state index is 13.1. The molecule has 4 aromatic rings. The zero-order valence-electron chi connectivity index (χ0n) is 16.6. The van der Waals surface area contributed by atoms with Crippen molar-refractivity contribution in [1.82, 2.24) is 25.0 Å². The van der Waals surface area contributed by atoms with Gasteiger partial charge in [-0.15, -0.1) is 10.2 Å². The summed E-state index contributed by atoms with van der Waals surface area (Å²) in [5, 5.41) is 10.9. The number of hydrogen-bond acceptors (Lipinski definition) is 7. The van der Waals surface area contributed by atoms with Crippen LogP contribution in [0.2, 0.25) is 0 Å². The average Bonchev–Trinajstić information content (AvgIpc) is 3.49. The molecule has 9 nitrogen and oxygen atoms in total. The van der Waals surface area contributed by atoms with Crippen LogP contribution in [0.3, 0.4) is 0 Å². The SMILES string of the molecule is C.O=S(=O)(CCn1cncn1)N(Cc1ccc(-c2nnc(C(F)F)o2)cc1)c1ccccc1. The Labute approximate surface area is 189 Å². The first-order valence-corrected chi connectivity index (χ1v) is 11.1. The van der Waals surface area contributed by atoms with Crippen molar-refractivity contribution in [3.63, 3.8) is 0 Å². The molecule has 0 fully saturated rings. The number of nitrogens with zero attached hydrogens (tertiary/aromatic N) is 6. The van der Waals surface area contributed by atoms with Gasteiger partial charge in [-0.2, -0.15) is 13.9 Å². The van der Waals surface area contributed by atoms with E-state index in [4.69, 9.17) is 4.42 Å². The number of hydrogen-bond donors (Lipinski definition) is 0. The van der Waals surface area contributed by atoms with Gasteiger partial charge >= 0.3 is 6.43 Å². The Morgan fingerprint density at radius 1 is 1.03 bits per heavy atom. The Morgan fingerprint density at radius 2 is 1.76 bits per heavy atom. The zero-order valence-corrected chi connectivity index (χ0v) is 17.4. The second kappa shape index (κ2) is 10.3. The Hall–Kier alpha value is -3.67. The van der Waals surface area contributed by atoms with Gasteiger partial charge in [0, 0.05) is 5.56 Å². The Kier molecular flexibility index (Phi) is 7.48. The summed E-state index contributed by atoms with van der Waals surface area (Å²) in [6.45, 7) is 0.240. The van der Waals surface area contributed by atoms with E-state index in [1.807, 2.05) is 0 Å². The van der Waals surface area contributed by atoms with E-state index >= 15 is 0 Å². The molecular formula is C21H22F2N6O3S. The van der Waals surface area contributed by atoms with Gasteiger partial charge in [0.15, 0.2) is 0 Å². The normalized spacial score (nSPS) is 11.4. The maximum absolute atomic E-state index is 13.1. The second-order valence-electron chi connectivity index (χ2n) is 6.76. The first kappa shape index (κ1) is 24.0. The smallest absolute Gasteiger partial charge is 0.314 e. The molecule has 2 aromatic carbocycles. The average molecular weight is 477 g/mol. The fraction of sp³-hybridized carbons (Fsp3) is 0.238. The van der Waals surface area contributed by atoms with E-state index in [1.165, 1.54) is 21.6 Å². The molecule has 0 radical (unpaired) electrons. The van der Waals surface area contributed by atoms with Crippen molar-refractivity contribution >= 4 is 15.7 Å². The Balaban J connectivity index is 0.00000306. The summed E-state index contributed by atoms with van der Waals surface area (Å²) < 4.78 is 59.3. The predicted molar refractivity (Wildman–Crippen MR) is 118 cm³/mol. The van der Waals surface area contributed by atoms with Gasteiger partial charge in [0.1, 0.15) is 12.7 Å². The molecule has 0 bridgehead atoms. The number of alkyl halides is 2. The minimum atomic E-state index is -3.70. The monoisotopic (exact) mass is 476 g/mol. The molecule has 0 unspecified atom stereocenters. The molecule has 0 aliphatic heterocycles. The molecule has 0 N–H and O–H groups in total. The topological polar surface area (TPSA) is 107 Å². The quantitative estimate of drug-likeness (QED) is 0.360. The first-order valence-electron chi connectivity index (χ1n) is 9.51. The summed E-state index contributed by atoms with van der Waals surface area (Å²) in [6.07, 6.45) is -0.0489. The number of benzene rings is 2. The highest BCUT2D eigenvalue weighted by Gasteiger charge is 2.23. The summed E-state index contributed by atoms with van der Waals surface area (Å²) in [6, 6.07) is 15.3. The number of aryl methyl sites for hydroxylation is 1. The second-order valence-corrected chi connectivity index (χ2v) is 8.77. The molecule has 4 rings (SSSR count). The Morgan fingerprint density at radius 3 is 2.36 bits per heavy atom. The molecule has 33 heavy (non-hydrogen) atoms. The molecule has 0 aliphatic rings. The van der Waals surface area contributed by atoms with Crippen molar-refractivity contribution in [2.24, 2.45) is 0 Å². The van der Waals surface area contributed by atoms with Crippen LogP contribution in [0.1, 0.15) is 25.3 Å². The molecule has 0 saturated carbocycles. The van der Waals surface area contributed by atoms with Crippen LogP contribution < -0.4 is 4.31 Å². The van der Waals surface area contributed by atoms with Crippen molar-refractivity contribution < 1.29 is 21.6 Å². The fourth-order valence-electron chi connectivity index (χ4n) is 2.97. The van der Waals surface area contributed by atoms with Crippen LogP contribution in [0.15, 0.2) is 71.7 Å². The summed E-state index contributed by atoms with van der Waals surface area (Å²) >= 11 is 0. The van der Waals surface area contributed by atoms with Crippen molar-refractivity contribution in [2.45, 2.75) is 26.9 Å². The predicted octanol–water partition coefficient (Wildman–Crippen LogP) is 3.94. The van der Waals surface area contributed by atoms with E-state index in [1.54, 1.807) is 54.6 Å². The van der Waals surface area contributed by atoms with Crippen LogP contribution >= 0.6 is 0 Å². The molecule has 2 aromatic heterocycles. The minimum absolute atomic E-state index is 0. The van der Waals surface area contributed by atoms with Gasteiger partial charge in [0.25, 0.3) is 5.89 Å². The lowest BCUT2D eigenvalue weighted by atomic mass is 10.1. The summed E-state index contributed by atoms with van der Waals surface area (Å²) in [7, 11) is -3.70. The number of rotatable bonds is 9. The summed E-state index contributed by atoms with van der Waals surface area (Å²) in [5.41, 5.74) is 1.66. The Bertz CT molecular complexity index is 1250. The molecule has 0 aliphatic carbocycles. The zero-order chi connectivity index (χ0) is 22.6.